The zero-order chi connectivity index (χ0) is 10.9. The molecule has 0 aromatic heterocycles. The molecule has 15 heavy (non-hydrogen) atoms. The molecule has 1 unspecified atom stereocenters. The molecule has 0 bridgehead atoms. The third-order valence-corrected chi connectivity index (χ3v) is 4.93. The van der Waals surface area contributed by atoms with Crippen LogP contribution in [-0.4, -0.2) is 46.4 Å². The summed E-state index contributed by atoms with van der Waals surface area (Å²) in [4.78, 5) is 11.5. The first-order chi connectivity index (χ1) is 7.11. The van der Waals surface area contributed by atoms with Gasteiger partial charge in [0.25, 0.3) is 0 Å². The van der Waals surface area contributed by atoms with Crippen LogP contribution in [0.1, 0.15) is 19.3 Å². The Morgan fingerprint density at radius 2 is 1.93 bits per heavy atom. The van der Waals surface area contributed by atoms with Crippen LogP contribution in [0.3, 0.4) is 0 Å². The first-order valence-corrected chi connectivity index (χ1v) is 6.50. The van der Waals surface area contributed by atoms with Gasteiger partial charge >= 0.3 is 5.97 Å². The van der Waals surface area contributed by atoms with Gasteiger partial charge in [-0.3, -0.25) is 4.79 Å². The van der Waals surface area contributed by atoms with Crippen LogP contribution in [0.4, 0.5) is 0 Å². The molecule has 3 N–H and O–H groups in total. The topological polar surface area (TPSA) is 69.6 Å². The molecular formula is C10H17NO3S. The van der Waals surface area contributed by atoms with E-state index in [-0.39, 0.29) is 0 Å². The molecule has 0 radical (unpaired) electrons. The summed E-state index contributed by atoms with van der Waals surface area (Å²) >= 11 is 1.66. The molecular weight excluding hydrogens is 214 g/mol. The second kappa shape index (κ2) is 3.96. The predicted molar refractivity (Wildman–Crippen MR) is 59.1 cm³/mol. The molecule has 0 spiro atoms. The molecule has 2 saturated heterocycles. The second-order valence-electron chi connectivity index (χ2n) is 4.47. The molecule has 5 heteroatoms. The van der Waals surface area contributed by atoms with Gasteiger partial charge in [-0.25, -0.2) is 0 Å². The molecule has 0 aliphatic carbocycles. The van der Waals surface area contributed by atoms with Crippen LogP contribution in [0.25, 0.3) is 0 Å². The number of carbonyl (C=O) groups is 1. The summed E-state index contributed by atoms with van der Waals surface area (Å²) < 4.78 is 0. The van der Waals surface area contributed by atoms with E-state index < -0.39 is 17.0 Å². The third kappa shape index (κ3) is 1.66. The quantitative estimate of drug-likeness (QED) is 0.638. The van der Waals surface area contributed by atoms with E-state index in [0.717, 1.165) is 5.75 Å². The number of aliphatic hydroxyl groups is 1. The first-order valence-electron chi connectivity index (χ1n) is 5.35. The summed E-state index contributed by atoms with van der Waals surface area (Å²) in [5, 5.41) is 23.1. The highest BCUT2D eigenvalue weighted by molar-refractivity contribution is 7.99. The minimum absolute atomic E-state index is 0.541. The van der Waals surface area contributed by atoms with Gasteiger partial charge in [0.2, 0.25) is 0 Å². The van der Waals surface area contributed by atoms with Crippen molar-refractivity contribution >= 4 is 17.7 Å². The Labute approximate surface area is 93.4 Å². The lowest BCUT2D eigenvalue weighted by molar-refractivity contribution is -0.170. The van der Waals surface area contributed by atoms with Crippen LogP contribution in [-0.2, 0) is 4.79 Å². The zero-order valence-corrected chi connectivity index (χ0v) is 9.48. The number of piperidine rings is 1. The van der Waals surface area contributed by atoms with Gasteiger partial charge in [-0.05, 0) is 38.1 Å². The van der Waals surface area contributed by atoms with Crippen molar-refractivity contribution in [3.8, 4) is 0 Å². The van der Waals surface area contributed by atoms with Crippen LogP contribution < -0.4 is 5.32 Å². The van der Waals surface area contributed by atoms with Crippen molar-refractivity contribution in [2.24, 2.45) is 5.41 Å². The molecule has 0 aromatic carbocycles. The van der Waals surface area contributed by atoms with E-state index in [0.29, 0.717) is 38.1 Å². The van der Waals surface area contributed by atoms with E-state index in [2.05, 4.69) is 5.32 Å². The average Bonchev–Trinajstić information content (AvgIpc) is 2.67. The summed E-state index contributed by atoms with van der Waals surface area (Å²) in [5.41, 5.74) is -1.91. The van der Waals surface area contributed by atoms with Crippen LogP contribution in [0.15, 0.2) is 0 Å². The Balaban J connectivity index is 2.28. The number of thioether (sulfide) groups is 1. The predicted octanol–water partition coefficient (Wildman–Crippen LogP) is 0.309. The number of hydrogen-bond acceptors (Lipinski definition) is 4. The Bertz CT molecular complexity index is 257. The van der Waals surface area contributed by atoms with Crippen molar-refractivity contribution in [2.45, 2.75) is 24.9 Å². The molecule has 86 valence electrons. The van der Waals surface area contributed by atoms with Gasteiger partial charge in [0, 0.05) is 5.75 Å². The number of hydrogen-bond donors (Lipinski definition) is 3. The third-order valence-electron chi connectivity index (χ3n) is 3.76. The molecule has 2 heterocycles. The molecule has 4 nitrogen and oxygen atoms in total. The number of aliphatic carboxylic acids is 1. The van der Waals surface area contributed by atoms with Crippen molar-refractivity contribution in [3.63, 3.8) is 0 Å². The van der Waals surface area contributed by atoms with E-state index in [4.69, 9.17) is 0 Å². The highest BCUT2D eigenvalue weighted by atomic mass is 32.2. The van der Waals surface area contributed by atoms with Crippen LogP contribution >= 0.6 is 11.8 Å². The molecule has 2 aliphatic rings. The fourth-order valence-corrected chi connectivity index (χ4v) is 4.05. The summed E-state index contributed by atoms with van der Waals surface area (Å²) in [6.07, 6.45) is 1.70. The molecule has 2 rings (SSSR count). The Hall–Kier alpha value is -0.260. The molecule has 0 amide bonds. The minimum atomic E-state index is -0.994. The lowest BCUT2D eigenvalue weighted by atomic mass is 9.65. The largest absolute Gasteiger partial charge is 0.481 e. The molecule has 0 aromatic rings. The Morgan fingerprint density at radius 3 is 2.40 bits per heavy atom. The highest BCUT2D eigenvalue weighted by Crippen LogP contribution is 2.47. The van der Waals surface area contributed by atoms with Crippen molar-refractivity contribution in [1.82, 2.24) is 5.32 Å². The van der Waals surface area contributed by atoms with Crippen LogP contribution in [0, 0.1) is 5.41 Å². The van der Waals surface area contributed by atoms with Gasteiger partial charge in [0.15, 0.2) is 0 Å². The highest BCUT2D eigenvalue weighted by Gasteiger charge is 2.57. The van der Waals surface area contributed by atoms with Gasteiger partial charge in [-0.1, -0.05) is 0 Å². The van der Waals surface area contributed by atoms with Gasteiger partial charge in [0.1, 0.15) is 0 Å². The Morgan fingerprint density at radius 1 is 1.27 bits per heavy atom. The van der Waals surface area contributed by atoms with E-state index in [1.54, 1.807) is 11.8 Å². The summed E-state index contributed by atoms with van der Waals surface area (Å²) in [7, 11) is 0. The van der Waals surface area contributed by atoms with Crippen molar-refractivity contribution in [3.05, 3.63) is 0 Å². The summed E-state index contributed by atoms with van der Waals surface area (Å²) in [6.45, 7) is 1.39. The van der Waals surface area contributed by atoms with Crippen LogP contribution in [0.5, 0.6) is 0 Å². The lowest BCUT2D eigenvalue weighted by Crippen LogP contribution is -2.58. The number of nitrogens with one attached hydrogen (secondary N) is 1. The molecule has 2 fully saturated rings. The van der Waals surface area contributed by atoms with Gasteiger partial charge in [0.05, 0.1) is 11.0 Å². The zero-order valence-electron chi connectivity index (χ0n) is 8.66. The Kier molecular flexibility index (Phi) is 2.96. The van der Waals surface area contributed by atoms with Crippen molar-refractivity contribution < 1.29 is 15.0 Å². The number of carboxylic acids is 1. The fraction of sp³-hybridized carbons (Fsp3) is 0.900. The molecule has 2 aliphatic heterocycles. The maximum absolute atomic E-state index is 11.5. The van der Waals surface area contributed by atoms with E-state index >= 15 is 0 Å². The van der Waals surface area contributed by atoms with Gasteiger partial charge in [-0.15, -0.1) is 0 Å². The second-order valence-corrected chi connectivity index (χ2v) is 5.58. The average molecular weight is 231 g/mol. The summed E-state index contributed by atoms with van der Waals surface area (Å²) in [5.74, 6) is 0.618. The normalized spacial score (nSPS) is 35.3. The van der Waals surface area contributed by atoms with Crippen molar-refractivity contribution in [1.29, 1.82) is 0 Å². The molecule has 1 atom stereocenters. The fourth-order valence-electron chi connectivity index (χ4n) is 2.66. The van der Waals surface area contributed by atoms with E-state index in [1.807, 2.05) is 0 Å². The maximum atomic E-state index is 11.5. The van der Waals surface area contributed by atoms with Crippen LogP contribution in [0.2, 0.25) is 0 Å². The number of rotatable bonds is 2. The standard InChI is InChI=1S/C10H17NO3S/c12-8(13)9(1-4-11-5-2-9)10(14)3-6-15-7-10/h11,14H,1-7H2,(H,12,13). The van der Waals surface area contributed by atoms with E-state index in [1.165, 1.54) is 0 Å². The maximum Gasteiger partial charge on any atom is 0.312 e. The molecule has 0 saturated carbocycles. The summed E-state index contributed by atoms with van der Waals surface area (Å²) in [6, 6.07) is 0. The SMILES string of the molecule is O=C(O)C1(C2(O)CCSC2)CCNCC1. The number of carboxylic acid groups (broad SMARTS) is 1. The minimum Gasteiger partial charge on any atom is -0.481 e. The van der Waals surface area contributed by atoms with Gasteiger partial charge in [-0.2, -0.15) is 11.8 Å². The van der Waals surface area contributed by atoms with Crippen molar-refractivity contribution in [2.75, 3.05) is 24.6 Å². The smallest absolute Gasteiger partial charge is 0.312 e. The lowest BCUT2D eigenvalue weighted by Gasteiger charge is -2.44. The van der Waals surface area contributed by atoms with E-state index in [9.17, 15) is 15.0 Å². The monoisotopic (exact) mass is 231 g/mol. The van der Waals surface area contributed by atoms with Gasteiger partial charge < -0.3 is 15.5 Å². The first kappa shape index (κ1) is 11.2.